The van der Waals surface area contributed by atoms with Crippen molar-refractivity contribution in [2.75, 3.05) is 0 Å². The van der Waals surface area contributed by atoms with E-state index in [4.69, 9.17) is 20.4 Å². The van der Waals surface area contributed by atoms with Crippen LogP contribution in [-0.4, -0.2) is 44.3 Å². The van der Waals surface area contributed by atoms with Crippen molar-refractivity contribution in [3.63, 3.8) is 0 Å². The van der Waals surface area contributed by atoms with Crippen molar-refractivity contribution >= 4 is 23.9 Å². The highest BCUT2D eigenvalue weighted by atomic mass is 16.4. The summed E-state index contributed by atoms with van der Waals surface area (Å²) in [5, 5.41) is 33.7. The Bertz CT molecular complexity index is 876. The highest BCUT2D eigenvalue weighted by Crippen LogP contribution is 2.15. The molecular formula is C54H108O8. The van der Waals surface area contributed by atoms with Gasteiger partial charge in [-0.05, 0) is 25.7 Å². The van der Waals surface area contributed by atoms with Crippen LogP contribution in [0.5, 0.6) is 0 Å². The number of carboxylic acids is 4. The molecule has 0 aromatic rings. The van der Waals surface area contributed by atoms with Gasteiger partial charge in [0, 0.05) is 25.7 Å². The summed E-state index contributed by atoms with van der Waals surface area (Å²) in [6.45, 7) is 8.91. The number of hydrogen-bond donors (Lipinski definition) is 4. The van der Waals surface area contributed by atoms with Gasteiger partial charge in [0.15, 0.2) is 0 Å². The molecule has 0 atom stereocenters. The molecular weight excluding hydrogens is 777 g/mol. The Labute approximate surface area is 385 Å². The third-order valence-corrected chi connectivity index (χ3v) is 11.5. The summed E-state index contributed by atoms with van der Waals surface area (Å²) in [6.07, 6.45) is 54.8. The third kappa shape index (κ3) is 81.7. The Morgan fingerprint density at radius 1 is 0.194 bits per heavy atom. The molecule has 0 saturated heterocycles. The van der Waals surface area contributed by atoms with Gasteiger partial charge in [0.2, 0.25) is 0 Å². The number of carbonyl (C=O) groups is 4. The molecule has 0 radical (unpaired) electrons. The van der Waals surface area contributed by atoms with E-state index in [-0.39, 0.29) is 0 Å². The molecule has 0 saturated carbocycles. The Kier molecular flexibility index (Phi) is 67.7. The van der Waals surface area contributed by atoms with Crippen molar-refractivity contribution in [1.82, 2.24) is 0 Å². The van der Waals surface area contributed by atoms with E-state index < -0.39 is 23.9 Å². The number of unbranched alkanes of at least 4 members (excludes halogenated alkanes) is 38. The first-order valence-electron chi connectivity index (χ1n) is 27.0. The van der Waals surface area contributed by atoms with E-state index in [0.717, 1.165) is 51.4 Å². The van der Waals surface area contributed by atoms with Crippen LogP contribution >= 0.6 is 0 Å². The van der Waals surface area contributed by atoms with E-state index >= 15 is 0 Å². The monoisotopic (exact) mass is 885 g/mol. The second-order valence-electron chi connectivity index (χ2n) is 18.0. The van der Waals surface area contributed by atoms with E-state index in [1.807, 2.05) is 0 Å². The van der Waals surface area contributed by atoms with E-state index in [1.54, 1.807) is 0 Å². The summed E-state index contributed by atoms with van der Waals surface area (Å²) < 4.78 is 0. The number of aliphatic carboxylic acids is 4. The van der Waals surface area contributed by atoms with Crippen LogP contribution in [0.2, 0.25) is 0 Å². The number of hydrogen-bond acceptors (Lipinski definition) is 4. The van der Waals surface area contributed by atoms with Gasteiger partial charge in [-0.3, -0.25) is 19.2 Å². The van der Waals surface area contributed by atoms with Gasteiger partial charge in [-0.25, -0.2) is 0 Å². The minimum absolute atomic E-state index is 0.337. The molecule has 8 heteroatoms. The van der Waals surface area contributed by atoms with Crippen molar-refractivity contribution in [3.8, 4) is 0 Å². The highest BCUT2D eigenvalue weighted by Gasteiger charge is 2.00. The SMILES string of the molecule is CCCCCCCC(=O)O.CCCCCCCCCCCC(=O)O.CCCCCCCCCCCCCCCC(=O)O.CCCCCCCCCCCCCCCCCC(=O)O. The second kappa shape index (κ2) is 63.2. The maximum absolute atomic E-state index is 10.3. The summed E-state index contributed by atoms with van der Waals surface area (Å²) >= 11 is 0. The van der Waals surface area contributed by atoms with Crippen molar-refractivity contribution in [3.05, 3.63) is 0 Å². The lowest BCUT2D eigenvalue weighted by Crippen LogP contribution is -1.93. The van der Waals surface area contributed by atoms with Gasteiger partial charge in [-0.1, -0.05) is 272 Å². The smallest absolute Gasteiger partial charge is 0.303 e. The molecule has 0 amide bonds. The molecule has 0 aliphatic heterocycles. The molecule has 0 aliphatic rings. The fourth-order valence-electron chi connectivity index (χ4n) is 7.41. The zero-order chi connectivity index (χ0) is 46.8. The first-order valence-corrected chi connectivity index (χ1v) is 27.0. The van der Waals surface area contributed by atoms with Crippen LogP contribution < -0.4 is 0 Å². The maximum atomic E-state index is 10.3. The molecule has 0 aliphatic carbocycles. The predicted octanol–water partition coefficient (Wildman–Crippen LogP) is 18.3. The summed E-state index contributed by atoms with van der Waals surface area (Å²) in [7, 11) is 0. The minimum Gasteiger partial charge on any atom is -0.481 e. The maximum Gasteiger partial charge on any atom is 0.303 e. The fourth-order valence-corrected chi connectivity index (χ4v) is 7.41. The lowest BCUT2D eigenvalue weighted by Gasteiger charge is -2.03. The molecule has 0 heterocycles. The van der Waals surface area contributed by atoms with Crippen LogP contribution in [0.1, 0.15) is 323 Å². The molecule has 0 rings (SSSR count). The highest BCUT2D eigenvalue weighted by molar-refractivity contribution is 5.67. The first kappa shape index (κ1) is 66.5. The van der Waals surface area contributed by atoms with Crippen LogP contribution in [0.3, 0.4) is 0 Å². The molecule has 372 valence electrons. The van der Waals surface area contributed by atoms with Gasteiger partial charge >= 0.3 is 23.9 Å². The molecule has 62 heavy (non-hydrogen) atoms. The average molecular weight is 885 g/mol. The van der Waals surface area contributed by atoms with Crippen LogP contribution in [0, 0.1) is 0 Å². The Hall–Kier alpha value is -2.12. The van der Waals surface area contributed by atoms with Gasteiger partial charge in [0.05, 0.1) is 0 Å². The van der Waals surface area contributed by atoms with Gasteiger partial charge in [0.25, 0.3) is 0 Å². The summed E-state index contributed by atoms with van der Waals surface area (Å²) in [6, 6.07) is 0. The van der Waals surface area contributed by atoms with Crippen molar-refractivity contribution < 1.29 is 39.6 Å². The van der Waals surface area contributed by atoms with E-state index in [0.29, 0.717) is 25.7 Å². The lowest BCUT2D eigenvalue weighted by atomic mass is 10.0. The van der Waals surface area contributed by atoms with Crippen molar-refractivity contribution in [2.24, 2.45) is 0 Å². The molecule has 0 aromatic carbocycles. The van der Waals surface area contributed by atoms with Gasteiger partial charge in [0.1, 0.15) is 0 Å². The van der Waals surface area contributed by atoms with Crippen molar-refractivity contribution in [2.45, 2.75) is 323 Å². The molecule has 0 aromatic heterocycles. The zero-order valence-corrected chi connectivity index (χ0v) is 41.9. The summed E-state index contributed by atoms with van der Waals surface area (Å²) in [5.74, 6) is -2.64. The quantitative estimate of drug-likeness (QED) is 0.0442. The molecule has 0 unspecified atom stereocenters. The topological polar surface area (TPSA) is 149 Å². The van der Waals surface area contributed by atoms with Gasteiger partial charge in [-0.2, -0.15) is 0 Å². The van der Waals surface area contributed by atoms with E-state index in [1.165, 1.54) is 218 Å². The summed E-state index contributed by atoms with van der Waals surface area (Å²) in [5.41, 5.74) is 0. The third-order valence-electron chi connectivity index (χ3n) is 11.5. The normalized spacial score (nSPS) is 10.5. The molecule has 0 bridgehead atoms. The standard InChI is InChI=1S/C18H36O2.C16H32O2.C12H24O2.C8H16O2/c1-2-3-4-5-6-7-8-9-10-11-12-13-14-15-16-17-18(19)20;1-2-3-4-5-6-7-8-9-10-11-12-13-14-15-16(17)18;1-2-3-4-5-6-7-8-9-10-11-12(13)14;1-2-3-4-5-6-7-8(9)10/h2-17H2,1H3,(H,19,20);2-15H2,1H3,(H,17,18);2-11H2,1H3,(H,13,14);2-7H2,1H3,(H,9,10). The Morgan fingerprint density at radius 2 is 0.290 bits per heavy atom. The molecule has 0 fully saturated rings. The van der Waals surface area contributed by atoms with Crippen molar-refractivity contribution in [1.29, 1.82) is 0 Å². The molecule has 8 nitrogen and oxygen atoms in total. The van der Waals surface area contributed by atoms with Crippen LogP contribution in [-0.2, 0) is 19.2 Å². The van der Waals surface area contributed by atoms with Gasteiger partial charge < -0.3 is 20.4 Å². The largest absolute Gasteiger partial charge is 0.481 e. The molecule has 4 N–H and O–H groups in total. The summed E-state index contributed by atoms with van der Waals surface area (Å²) in [4.78, 5) is 40.9. The number of rotatable bonds is 46. The van der Waals surface area contributed by atoms with Crippen LogP contribution in [0.4, 0.5) is 0 Å². The Morgan fingerprint density at radius 3 is 0.387 bits per heavy atom. The average Bonchev–Trinajstić information content (AvgIpc) is 3.23. The van der Waals surface area contributed by atoms with E-state index in [2.05, 4.69) is 27.7 Å². The second-order valence-corrected chi connectivity index (χ2v) is 18.0. The fraction of sp³-hybridized carbons (Fsp3) is 0.926. The Balaban J connectivity index is -0.000000372. The first-order chi connectivity index (χ1) is 30.1. The minimum atomic E-state index is -0.670. The number of carboxylic acid groups (broad SMARTS) is 4. The lowest BCUT2D eigenvalue weighted by molar-refractivity contribution is -0.138. The predicted molar refractivity (Wildman–Crippen MR) is 266 cm³/mol. The van der Waals surface area contributed by atoms with E-state index in [9.17, 15) is 19.2 Å². The van der Waals surface area contributed by atoms with Gasteiger partial charge in [-0.15, -0.1) is 0 Å². The van der Waals surface area contributed by atoms with Crippen LogP contribution in [0.25, 0.3) is 0 Å². The molecule has 0 spiro atoms. The van der Waals surface area contributed by atoms with Crippen LogP contribution in [0.15, 0.2) is 0 Å². The zero-order valence-electron chi connectivity index (χ0n) is 41.9.